The Morgan fingerprint density at radius 2 is 1.70 bits per heavy atom. The molecule has 1 aromatic heterocycles. The quantitative estimate of drug-likeness (QED) is 0.668. The molecule has 0 spiro atoms. The topological polar surface area (TPSA) is 104 Å². The van der Waals surface area contributed by atoms with Gasteiger partial charge in [-0.3, -0.25) is 14.4 Å². The Balaban J connectivity index is 1.38. The minimum atomic E-state index is -0.281. The van der Waals surface area contributed by atoms with Crippen LogP contribution in [0.15, 0.2) is 53.3 Å². The van der Waals surface area contributed by atoms with Crippen molar-refractivity contribution in [2.45, 2.75) is 12.8 Å². The molecule has 0 radical (unpaired) electrons. The van der Waals surface area contributed by atoms with Crippen LogP contribution in [0.1, 0.15) is 11.3 Å². The van der Waals surface area contributed by atoms with Crippen LogP contribution in [-0.2, 0) is 27.2 Å². The molecule has 2 aromatic carbocycles. The van der Waals surface area contributed by atoms with E-state index in [0.29, 0.717) is 54.9 Å². The maximum atomic E-state index is 12.5. The van der Waals surface area contributed by atoms with Gasteiger partial charge >= 0.3 is 0 Å². The summed E-state index contributed by atoms with van der Waals surface area (Å²) in [6.07, 6.45) is 0.357. The number of benzene rings is 2. The van der Waals surface area contributed by atoms with Crippen LogP contribution in [0.5, 0.6) is 0 Å². The number of H-pyrrole nitrogens is 1. The van der Waals surface area contributed by atoms with Crippen molar-refractivity contribution in [1.82, 2.24) is 15.1 Å². The largest absolute Gasteiger partial charge is 0.378 e. The lowest BCUT2D eigenvalue weighted by Crippen LogP contribution is -2.41. The van der Waals surface area contributed by atoms with Gasteiger partial charge in [-0.1, -0.05) is 30.3 Å². The van der Waals surface area contributed by atoms with E-state index in [2.05, 4.69) is 15.5 Å². The summed E-state index contributed by atoms with van der Waals surface area (Å²) in [4.78, 5) is 38.5. The summed E-state index contributed by atoms with van der Waals surface area (Å²) in [5.74, 6) is -0.164. The van der Waals surface area contributed by atoms with Gasteiger partial charge in [0.15, 0.2) is 0 Å². The van der Waals surface area contributed by atoms with Gasteiger partial charge in [0.1, 0.15) is 0 Å². The number of anilines is 1. The molecular formula is C22H22N4O4. The van der Waals surface area contributed by atoms with Gasteiger partial charge in [-0.05, 0) is 23.8 Å². The van der Waals surface area contributed by atoms with E-state index >= 15 is 0 Å². The summed E-state index contributed by atoms with van der Waals surface area (Å²) in [5, 5.41) is 10.5. The maximum absolute atomic E-state index is 12.5. The van der Waals surface area contributed by atoms with Crippen LogP contribution in [0.2, 0.25) is 0 Å². The zero-order valence-corrected chi connectivity index (χ0v) is 16.4. The van der Waals surface area contributed by atoms with Crippen LogP contribution in [0, 0.1) is 0 Å². The first-order chi connectivity index (χ1) is 14.6. The Morgan fingerprint density at radius 1 is 1.00 bits per heavy atom. The molecule has 154 valence electrons. The Labute approximate surface area is 172 Å². The van der Waals surface area contributed by atoms with Gasteiger partial charge in [0.05, 0.1) is 37.1 Å². The van der Waals surface area contributed by atoms with E-state index < -0.39 is 0 Å². The van der Waals surface area contributed by atoms with Crippen LogP contribution >= 0.6 is 0 Å². The molecule has 1 saturated heterocycles. The first kappa shape index (κ1) is 19.8. The van der Waals surface area contributed by atoms with Gasteiger partial charge in [-0.2, -0.15) is 5.10 Å². The molecule has 8 nitrogen and oxygen atoms in total. The molecule has 0 bridgehead atoms. The van der Waals surface area contributed by atoms with E-state index in [0.717, 1.165) is 5.56 Å². The molecule has 4 rings (SSSR count). The highest BCUT2D eigenvalue weighted by molar-refractivity contribution is 5.95. The van der Waals surface area contributed by atoms with Crippen LogP contribution in [0.3, 0.4) is 0 Å². The van der Waals surface area contributed by atoms with Gasteiger partial charge in [0, 0.05) is 24.2 Å². The standard InChI is InChI=1S/C22H22N4O4/c27-20(14-19-17-3-1-2-4-18(17)22(29)25-24-19)23-16-7-5-15(6-8-16)13-21(28)26-9-11-30-12-10-26/h1-8H,9-14H2,(H,23,27)(H,25,29). The third-order valence-electron chi connectivity index (χ3n) is 5.06. The highest BCUT2D eigenvalue weighted by Crippen LogP contribution is 2.15. The molecule has 3 aromatic rings. The number of nitrogens with one attached hydrogen (secondary N) is 2. The first-order valence-electron chi connectivity index (χ1n) is 9.81. The summed E-state index contributed by atoms with van der Waals surface area (Å²) >= 11 is 0. The van der Waals surface area contributed by atoms with Crippen molar-refractivity contribution in [2.75, 3.05) is 31.6 Å². The molecule has 0 atom stereocenters. The lowest BCUT2D eigenvalue weighted by molar-refractivity contribution is -0.134. The average molecular weight is 406 g/mol. The molecule has 0 aliphatic carbocycles. The summed E-state index contributed by atoms with van der Waals surface area (Å²) in [5.41, 5.74) is 1.75. The fourth-order valence-corrected chi connectivity index (χ4v) is 3.47. The SMILES string of the molecule is O=C(Cc1n[nH]c(=O)c2ccccc12)Nc1ccc(CC(=O)N2CCOCC2)cc1. The molecule has 1 aliphatic rings. The van der Waals surface area contributed by atoms with Crippen molar-refractivity contribution in [3.05, 3.63) is 70.1 Å². The van der Waals surface area contributed by atoms with E-state index in [4.69, 9.17) is 4.74 Å². The average Bonchev–Trinajstić information content (AvgIpc) is 2.78. The molecular weight excluding hydrogens is 384 g/mol. The van der Waals surface area contributed by atoms with Crippen LogP contribution in [-0.4, -0.2) is 53.2 Å². The third kappa shape index (κ3) is 4.55. The Kier molecular flexibility index (Phi) is 5.85. The van der Waals surface area contributed by atoms with Gasteiger partial charge in [-0.25, -0.2) is 5.10 Å². The van der Waals surface area contributed by atoms with E-state index in [-0.39, 0.29) is 23.8 Å². The van der Waals surface area contributed by atoms with E-state index in [1.165, 1.54) is 0 Å². The van der Waals surface area contributed by atoms with E-state index in [1.54, 1.807) is 35.2 Å². The number of morpholine rings is 1. The summed E-state index contributed by atoms with van der Waals surface area (Å²) in [7, 11) is 0. The summed E-state index contributed by atoms with van der Waals surface area (Å²) in [6.45, 7) is 2.41. The van der Waals surface area contributed by atoms with Crippen LogP contribution in [0.25, 0.3) is 10.8 Å². The molecule has 2 amide bonds. The minimum Gasteiger partial charge on any atom is -0.378 e. The van der Waals surface area contributed by atoms with Crippen molar-refractivity contribution in [3.63, 3.8) is 0 Å². The number of carbonyl (C=O) groups excluding carboxylic acids is 2. The van der Waals surface area contributed by atoms with Gasteiger partial charge in [-0.15, -0.1) is 0 Å². The Morgan fingerprint density at radius 3 is 2.43 bits per heavy atom. The maximum Gasteiger partial charge on any atom is 0.272 e. The number of rotatable bonds is 5. The molecule has 8 heteroatoms. The minimum absolute atomic E-state index is 0.0363. The number of fused-ring (bicyclic) bond motifs is 1. The molecule has 30 heavy (non-hydrogen) atoms. The van der Waals surface area contributed by atoms with E-state index in [1.807, 2.05) is 18.2 Å². The third-order valence-corrected chi connectivity index (χ3v) is 5.06. The van der Waals surface area contributed by atoms with Crippen molar-refractivity contribution in [2.24, 2.45) is 0 Å². The fraction of sp³-hybridized carbons (Fsp3) is 0.273. The number of aromatic amines is 1. The second kappa shape index (κ2) is 8.87. The Bertz CT molecular complexity index is 1120. The fourth-order valence-electron chi connectivity index (χ4n) is 3.47. The van der Waals surface area contributed by atoms with Crippen molar-refractivity contribution >= 4 is 28.3 Å². The number of aromatic nitrogens is 2. The van der Waals surface area contributed by atoms with Crippen molar-refractivity contribution < 1.29 is 14.3 Å². The van der Waals surface area contributed by atoms with Gasteiger partial charge < -0.3 is 15.0 Å². The first-order valence-corrected chi connectivity index (χ1v) is 9.81. The van der Waals surface area contributed by atoms with E-state index in [9.17, 15) is 14.4 Å². The summed E-state index contributed by atoms with van der Waals surface area (Å²) in [6, 6.07) is 14.3. The lowest BCUT2D eigenvalue weighted by Gasteiger charge is -2.26. The highest BCUT2D eigenvalue weighted by Gasteiger charge is 2.17. The monoisotopic (exact) mass is 406 g/mol. The number of nitrogens with zero attached hydrogens (tertiary/aromatic N) is 2. The molecule has 2 N–H and O–H groups in total. The van der Waals surface area contributed by atoms with Crippen LogP contribution in [0.4, 0.5) is 5.69 Å². The summed E-state index contributed by atoms with van der Waals surface area (Å²) < 4.78 is 5.27. The predicted octanol–water partition coefficient (Wildman–Crippen LogP) is 1.51. The van der Waals surface area contributed by atoms with Gasteiger partial charge in [0.2, 0.25) is 11.8 Å². The van der Waals surface area contributed by atoms with Gasteiger partial charge in [0.25, 0.3) is 5.56 Å². The van der Waals surface area contributed by atoms with Crippen molar-refractivity contribution in [3.8, 4) is 0 Å². The molecule has 2 heterocycles. The Hall–Kier alpha value is -3.52. The molecule has 0 unspecified atom stereocenters. The molecule has 1 aliphatic heterocycles. The second-order valence-corrected chi connectivity index (χ2v) is 7.14. The zero-order valence-electron chi connectivity index (χ0n) is 16.4. The lowest BCUT2D eigenvalue weighted by atomic mass is 10.1. The molecule has 0 saturated carbocycles. The number of hydrogen-bond acceptors (Lipinski definition) is 5. The number of ether oxygens (including phenoxy) is 1. The predicted molar refractivity (Wildman–Crippen MR) is 112 cm³/mol. The zero-order chi connectivity index (χ0) is 20.9. The normalized spacial score (nSPS) is 13.9. The smallest absolute Gasteiger partial charge is 0.272 e. The second-order valence-electron chi connectivity index (χ2n) is 7.14. The van der Waals surface area contributed by atoms with Crippen LogP contribution < -0.4 is 10.9 Å². The number of hydrogen-bond donors (Lipinski definition) is 2. The van der Waals surface area contributed by atoms with Crippen molar-refractivity contribution in [1.29, 1.82) is 0 Å². The number of amides is 2. The highest BCUT2D eigenvalue weighted by atomic mass is 16.5. The molecule has 1 fully saturated rings. The number of carbonyl (C=O) groups is 2.